The number of aromatic nitrogens is 3. The Hall–Kier alpha value is -1.30. The van der Waals surface area contributed by atoms with Crippen LogP contribution in [0.3, 0.4) is 0 Å². The van der Waals surface area contributed by atoms with Crippen LogP contribution in [0.15, 0.2) is 18.2 Å². The Kier molecular flexibility index (Phi) is 5.45. The van der Waals surface area contributed by atoms with Gasteiger partial charge in [0.1, 0.15) is 0 Å². The molecular weight excluding hydrogens is 333 g/mol. The highest BCUT2D eigenvalue weighted by Gasteiger charge is 2.11. The average Bonchev–Trinajstić information content (AvgIpc) is 2.44. The van der Waals surface area contributed by atoms with E-state index >= 15 is 0 Å². The van der Waals surface area contributed by atoms with Crippen LogP contribution in [-0.2, 0) is 0 Å². The Morgan fingerprint density at radius 1 is 1.05 bits per heavy atom. The van der Waals surface area contributed by atoms with Crippen molar-refractivity contribution < 1.29 is 0 Å². The number of nitrogens with zero attached hydrogens (tertiary/aromatic N) is 4. The maximum atomic E-state index is 6.11. The van der Waals surface area contributed by atoms with E-state index in [1.54, 1.807) is 18.2 Å². The van der Waals surface area contributed by atoms with Gasteiger partial charge in [-0.3, -0.25) is 0 Å². The first kappa shape index (κ1) is 16.1. The highest BCUT2D eigenvalue weighted by molar-refractivity contribution is 6.35. The van der Waals surface area contributed by atoms with Gasteiger partial charge in [0.2, 0.25) is 17.2 Å². The number of anilines is 3. The number of rotatable bonds is 5. The van der Waals surface area contributed by atoms with E-state index in [0.29, 0.717) is 27.6 Å². The fourth-order valence-corrected chi connectivity index (χ4v) is 2.25. The Morgan fingerprint density at radius 3 is 2.43 bits per heavy atom. The van der Waals surface area contributed by atoms with Gasteiger partial charge in [0.05, 0.1) is 10.7 Å². The summed E-state index contributed by atoms with van der Waals surface area (Å²) in [7, 11) is 0. The van der Waals surface area contributed by atoms with Crippen molar-refractivity contribution in [1.29, 1.82) is 0 Å². The number of hydrogen-bond donors (Lipinski definition) is 1. The van der Waals surface area contributed by atoms with Gasteiger partial charge in [-0.05, 0) is 43.6 Å². The fraction of sp³-hybridized carbons (Fsp3) is 0.308. The van der Waals surface area contributed by atoms with E-state index in [4.69, 9.17) is 34.8 Å². The molecule has 0 saturated heterocycles. The molecule has 0 aliphatic rings. The zero-order valence-electron chi connectivity index (χ0n) is 11.6. The minimum absolute atomic E-state index is 0.118. The lowest BCUT2D eigenvalue weighted by molar-refractivity contribution is 0.814. The lowest BCUT2D eigenvalue weighted by atomic mass is 10.3. The van der Waals surface area contributed by atoms with Crippen molar-refractivity contribution in [1.82, 2.24) is 15.0 Å². The molecule has 0 unspecified atom stereocenters. The molecule has 1 aromatic carbocycles. The first-order valence-electron chi connectivity index (χ1n) is 6.42. The highest BCUT2D eigenvalue weighted by atomic mass is 35.5. The van der Waals surface area contributed by atoms with Crippen molar-refractivity contribution in [3.05, 3.63) is 33.5 Å². The standard InChI is InChI=1S/C13H14Cl3N5/c1-3-21(4-2)13-19-11(16)18-12(20-13)17-10-7-8(14)5-6-9(10)15/h5-7H,3-4H2,1-2H3,(H,17,18,19,20). The zero-order chi connectivity index (χ0) is 15.4. The molecule has 2 aromatic rings. The monoisotopic (exact) mass is 345 g/mol. The Labute approximate surface area is 138 Å². The molecular formula is C13H14Cl3N5. The minimum atomic E-state index is 0.118. The lowest BCUT2D eigenvalue weighted by Crippen LogP contribution is -2.24. The number of benzene rings is 1. The summed E-state index contributed by atoms with van der Waals surface area (Å²) >= 11 is 18.0. The maximum absolute atomic E-state index is 6.11. The third-order valence-electron chi connectivity index (χ3n) is 2.82. The van der Waals surface area contributed by atoms with E-state index in [1.165, 1.54) is 0 Å². The van der Waals surface area contributed by atoms with Gasteiger partial charge in [-0.25, -0.2) is 0 Å². The second-order valence-corrected chi connectivity index (χ2v) is 5.33. The Bertz CT molecular complexity index is 631. The van der Waals surface area contributed by atoms with Gasteiger partial charge in [0.15, 0.2) is 0 Å². The Balaban J connectivity index is 2.34. The molecule has 112 valence electrons. The molecule has 0 atom stereocenters. The van der Waals surface area contributed by atoms with Gasteiger partial charge in [-0.2, -0.15) is 15.0 Å². The first-order valence-corrected chi connectivity index (χ1v) is 7.55. The molecule has 1 heterocycles. The van der Waals surface area contributed by atoms with Gasteiger partial charge < -0.3 is 10.2 Å². The molecule has 0 fully saturated rings. The smallest absolute Gasteiger partial charge is 0.233 e. The quantitative estimate of drug-likeness (QED) is 0.868. The van der Waals surface area contributed by atoms with Gasteiger partial charge >= 0.3 is 0 Å². The zero-order valence-corrected chi connectivity index (χ0v) is 13.8. The van der Waals surface area contributed by atoms with Crippen LogP contribution in [0, 0.1) is 0 Å². The third-order valence-corrected chi connectivity index (χ3v) is 3.55. The van der Waals surface area contributed by atoms with Crippen LogP contribution in [-0.4, -0.2) is 28.0 Å². The summed E-state index contributed by atoms with van der Waals surface area (Å²) in [4.78, 5) is 14.5. The molecule has 0 radical (unpaired) electrons. The van der Waals surface area contributed by atoms with Gasteiger partial charge in [-0.1, -0.05) is 23.2 Å². The second kappa shape index (κ2) is 7.11. The van der Waals surface area contributed by atoms with E-state index in [0.717, 1.165) is 13.1 Å². The topological polar surface area (TPSA) is 53.9 Å². The minimum Gasteiger partial charge on any atom is -0.341 e. The molecule has 0 saturated carbocycles. The van der Waals surface area contributed by atoms with Crippen LogP contribution in [0.2, 0.25) is 15.3 Å². The lowest BCUT2D eigenvalue weighted by Gasteiger charge is -2.19. The van der Waals surface area contributed by atoms with Crippen molar-refractivity contribution in [3.63, 3.8) is 0 Å². The van der Waals surface area contributed by atoms with Crippen molar-refractivity contribution in [2.45, 2.75) is 13.8 Å². The molecule has 8 heteroatoms. The summed E-state index contributed by atoms with van der Waals surface area (Å²) < 4.78 is 0. The molecule has 1 aromatic heterocycles. The third kappa shape index (κ3) is 4.09. The molecule has 21 heavy (non-hydrogen) atoms. The normalized spacial score (nSPS) is 10.5. The van der Waals surface area contributed by atoms with E-state index in [1.807, 2.05) is 18.7 Å². The molecule has 2 rings (SSSR count). The van der Waals surface area contributed by atoms with Crippen molar-refractivity contribution >= 4 is 52.4 Å². The molecule has 0 amide bonds. The summed E-state index contributed by atoms with van der Waals surface area (Å²) in [6, 6.07) is 5.09. The van der Waals surface area contributed by atoms with E-state index in [9.17, 15) is 0 Å². The molecule has 0 aliphatic carbocycles. The van der Waals surface area contributed by atoms with Crippen LogP contribution in [0.5, 0.6) is 0 Å². The largest absolute Gasteiger partial charge is 0.341 e. The van der Waals surface area contributed by atoms with Crippen molar-refractivity contribution in [3.8, 4) is 0 Å². The molecule has 0 bridgehead atoms. The van der Waals surface area contributed by atoms with Crippen LogP contribution in [0.1, 0.15) is 13.8 Å². The van der Waals surface area contributed by atoms with E-state index in [-0.39, 0.29) is 5.28 Å². The number of halogens is 3. The molecule has 1 N–H and O–H groups in total. The predicted octanol–water partition coefficient (Wildman–Crippen LogP) is 4.42. The highest BCUT2D eigenvalue weighted by Crippen LogP contribution is 2.28. The summed E-state index contributed by atoms with van der Waals surface area (Å²) in [6.07, 6.45) is 0. The summed E-state index contributed by atoms with van der Waals surface area (Å²) in [6.45, 7) is 5.58. The summed E-state index contributed by atoms with van der Waals surface area (Å²) in [5, 5.41) is 4.20. The van der Waals surface area contributed by atoms with Crippen LogP contribution < -0.4 is 10.2 Å². The van der Waals surface area contributed by atoms with Crippen molar-refractivity contribution in [2.75, 3.05) is 23.3 Å². The molecule has 5 nitrogen and oxygen atoms in total. The first-order chi connectivity index (χ1) is 10.0. The van der Waals surface area contributed by atoms with Crippen LogP contribution >= 0.6 is 34.8 Å². The van der Waals surface area contributed by atoms with E-state index in [2.05, 4.69) is 20.3 Å². The second-order valence-electron chi connectivity index (χ2n) is 4.15. The Morgan fingerprint density at radius 2 is 1.76 bits per heavy atom. The van der Waals surface area contributed by atoms with Gasteiger partial charge in [0, 0.05) is 18.1 Å². The molecule has 0 aliphatic heterocycles. The SMILES string of the molecule is CCN(CC)c1nc(Cl)nc(Nc2cc(Cl)ccc2Cl)n1. The predicted molar refractivity (Wildman–Crippen MR) is 88.1 cm³/mol. The number of hydrogen-bond acceptors (Lipinski definition) is 5. The summed E-state index contributed by atoms with van der Waals surface area (Å²) in [5.41, 5.74) is 0.608. The van der Waals surface area contributed by atoms with Crippen molar-refractivity contribution in [2.24, 2.45) is 0 Å². The average molecular weight is 347 g/mol. The maximum Gasteiger partial charge on any atom is 0.233 e. The van der Waals surface area contributed by atoms with Crippen LogP contribution in [0.4, 0.5) is 17.6 Å². The fourth-order valence-electron chi connectivity index (χ4n) is 1.76. The van der Waals surface area contributed by atoms with E-state index < -0.39 is 0 Å². The number of nitrogens with one attached hydrogen (secondary N) is 1. The van der Waals surface area contributed by atoms with Gasteiger partial charge in [0.25, 0.3) is 0 Å². The van der Waals surface area contributed by atoms with Crippen LogP contribution in [0.25, 0.3) is 0 Å². The molecule has 0 spiro atoms. The summed E-state index contributed by atoms with van der Waals surface area (Å²) in [5.74, 6) is 0.835. The van der Waals surface area contributed by atoms with Gasteiger partial charge in [-0.15, -0.1) is 0 Å².